The Bertz CT molecular complexity index is 1260. The van der Waals surface area contributed by atoms with Crippen LogP contribution < -0.4 is 20.5 Å². The van der Waals surface area contributed by atoms with Crippen molar-refractivity contribution in [3.8, 4) is 11.5 Å². The van der Waals surface area contributed by atoms with Gasteiger partial charge in [-0.05, 0) is 68.4 Å². The van der Waals surface area contributed by atoms with E-state index in [2.05, 4.69) is 22.4 Å². The van der Waals surface area contributed by atoms with Gasteiger partial charge in [0.1, 0.15) is 10.9 Å². The molecule has 0 saturated heterocycles. The van der Waals surface area contributed by atoms with E-state index < -0.39 is 11.9 Å². The van der Waals surface area contributed by atoms with Gasteiger partial charge in [-0.15, -0.1) is 11.3 Å². The number of ether oxygens (including phenoxy) is 2. The van der Waals surface area contributed by atoms with Crippen molar-refractivity contribution < 1.29 is 14.3 Å². The van der Waals surface area contributed by atoms with Crippen molar-refractivity contribution in [2.45, 2.75) is 46.1 Å². The molecule has 0 fully saturated rings. The molecule has 0 unspecified atom stereocenters. The molecule has 1 amide bonds. The molecular formula is C24H28N4O4S. The van der Waals surface area contributed by atoms with Gasteiger partial charge in [0.25, 0.3) is 11.5 Å². The van der Waals surface area contributed by atoms with E-state index in [4.69, 9.17) is 9.47 Å². The fourth-order valence-electron chi connectivity index (χ4n) is 4.05. The summed E-state index contributed by atoms with van der Waals surface area (Å²) in [5, 5.41) is 4.71. The van der Waals surface area contributed by atoms with E-state index >= 15 is 0 Å². The molecule has 1 aliphatic carbocycles. The van der Waals surface area contributed by atoms with Crippen molar-refractivity contribution in [2.75, 3.05) is 13.7 Å². The van der Waals surface area contributed by atoms with Crippen molar-refractivity contribution in [1.29, 1.82) is 0 Å². The number of methoxy groups -OCH3 is 1. The molecule has 0 radical (unpaired) electrons. The summed E-state index contributed by atoms with van der Waals surface area (Å²) < 4.78 is 12.2. The molecule has 174 valence electrons. The summed E-state index contributed by atoms with van der Waals surface area (Å²) in [4.78, 5) is 32.4. The Morgan fingerprint density at radius 3 is 3.00 bits per heavy atom. The van der Waals surface area contributed by atoms with Crippen molar-refractivity contribution in [3.05, 3.63) is 50.9 Å². The lowest BCUT2D eigenvalue weighted by atomic mass is 9.89. The summed E-state index contributed by atoms with van der Waals surface area (Å²) in [5.74, 6) is 1.44. The van der Waals surface area contributed by atoms with Gasteiger partial charge in [0.05, 0.1) is 31.6 Å². The highest BCUT2D eigenvalue weighted by Gasteiger charge is 2.25. The average molecular weight is 469 g/mol. The van der Waals surface area contributed by atoms with Crippen LogP contribution in [-0.2, 0) is 17.6 Å². The normalized spacial score (nSPS) is 16.5. The number of hydrogen-bond acceptors (Lipinski definition) is 7. The predicted octanol–water partition coefficient (Wildman–Crippen LogP) is 3.70. The lowest BCUT2D eigenvalue weighted by Gasteiger charge is -2.18. The van der Waals surface area contributed by atoms with Gasteiger partial charge in [-0.1, -0.05) is 6.92 Å². The molecule has 0 spiro atoms. The number of hydrazone groups is 1. The van der Waals surface area contributed by atoms with E-state index in [9.17, 15) is 9.59 Å². The lowest BCUT2D eigenvalue weighted by Crippen LogP contribution is -2.34. The number of nitrogens with one attached hydrogen (secondary N) is 1. The summed E-state index contributed by atoms with van der Waals surface area (Å²) in [7, 11) is 1.57. The summed E-state index contributed by atoms with van der Waals surface area (Å²) in [6, 6.07) is 4.62. The summed E-state index contributed by atoms with van der Waals surface area (Å²) >= 11 is 1.60. The van der Waals surface area contributed by atoms with E-state index in [-0.39, 0.29) is 5.56 Å². The third-order valence-electron chi connectivity index (χ3n) is 5.91. The van der Waals surface area contributed by atoms with Crippen LogP contribution in [0.1, 0.15) is 49.2 Å². The number of carbonyl (C=O) groups excluding carboxylic acids is 1. The standard InChI is InChI=1S/C24H28N4O4S/c1-5-32-18-9-7-16(11-19(18)31-4)12-26-27-22(29)15(3)28-13-25-23-21(24(28)30)17-8-6-14(2)10-20(17)33-23/h7,9,11-15H,5-6,8,10H2,1-4H3,(H,27,29)/b26-12-/t14-,15-/m0/s1. The van der Waals surface area contributed by atoms with Crippen LogP contribution in [0.5, 0.6) is 11.5 Å². The maximum Gasteiger partial charge on any atom is 0.263 e. The number of thiophene rings is 1. The largest absolute Gasteiger partial charge is 0.493 e. The van der Waals surface area contributed by atoms with Crippen molar-refractivity contribution in [3.63, 3.8) is 0 Å². The number of carbonyl (C=O) groups is 1. The van der Waals surface area contributed by atoms with Crippen LogP contribution in [0.3, 0.4) is 0 Å². The quantitative estimate of drug-likeness (QED) is 0.421. The van der Waals surface area contributed by atoms with Crippen LogP contribution in [0.25, 0.3) is 10.2 Å². The lowest BCUT2D eigenvalue weighted by molar-refractivity contribution is -0.123. The zero-order valence-electron chi connectivity index (χ0n) is 19.3. The summed E-state index contributed by atoms with van der Waals surface area (Å²) in [5.41, 5.74) is 4.19. The zero-order valence-corrected chi connectivity index (χ0v) is 20.1. The maximum absolute atomic E-state index is 13.2. The van der Waals surface area contributed by atoms with Gasteiger partial charge in [-0.2, -0.15) is 5.10 Å². The van der Waals surface area contributed by atoms with Gasteiger partial charge in [0.15, 0.2) is 11.5 Å². The SMILES string of the molecule is CCOc1ccc(/C=N\NC(=O)[C@H](C)n2cnc3sc4c(c3c2=O)CC[C@H](C)C4)cc1OC. The van der Waals surface area contributed by atoms with E-state index in [0.717, 1.165) is 35.2 Å². The molecule has 3 aromatic rings. The Morgan fingerprint density at radius 2 is 2.24 bits per heavy atom. The molecule has 2 aromatic heterocycles. The fourth-order valence-corrected chi connectivity index (χ4v) is 5.39. The van der Waals surface area contributed by atoms with Gasteiger partial charge in [-0.25, -0.2) is 10.4 Å². The van der Waals surface area contributed by atoms with Gasteiger partial charge < -0.3 is 9.47 Å². The Kier molecular flexibility index (Phi) is 6.78. The van der Waals surface area contributed by atoms with Crippen LogP contribution >= 0.6 is 11.3 Å². The molecule has 4 rings (SSSR count). The summed E-state index contributed by atoms with van der Waals surface area (Å²) in [6.07, 6.45) is 5.91. The molecule has 1 N–H and O–H groups in total. The minimum absolute atomic E-state index is 0.171. The van der Waals surface area contributed by atoms with Gasteiger partial charge >= 0.3 is 0 Å². The second kappa shape index (κ2) is 9.74. The number of nitrogens with zero attached hydrogens (tertiary/aromatic N) is 3. The molecule has 2 heterocycles. The predicted molar refractivity (Wildman–Crippen MR) is 130 cm³/mol. The third kappa shape index (κ3) is 4.64. The Labute approximate surface area is 196 Å². The zero-order chi connectivity index (χ0) is 23.5. The Hall–Kier alpha value is -3.20. The smallest absolute Gasteiger partial charge is 0.263 e. The van der Waals surface area contributed by atoms with Crippen molar-refractivity contribution in [1.82, 2.24) is 15.0 Å². The maximum atomic E-state index is 13.2. The monoisotopic (exact) mass is 468 g/mol. The molecule has 0 saturated carbocycles. The van der Waals surface area contributed by atoms with Gasteiger partial charge in [0, 0.05) is 4.88 Å². The highest BCUT2D eigenvalue weighted by molar-refractivity contribution is 7.18. The van der Waals surface area contributed by atoms with Crippen molar-refractivity contribution >= 4 is 33.7 Å². The Morgan fingerprint density at radius 1 is 1.42 bits per heavy atom. The molecule has 33 heavy (non-hydrogen) atoms. The van der Waals surface area contributed by atoms with Gasteiger partial charge in [0.2, 0.25) is 0 Å². The number of benzene rings is 1. The molecule has 0 bridgehead atoms. The molecule has 9 heteroatoms. The highest BCUT2D eigenvalue weighted by Crippen LogP contribution is 2.35. The number of aryl methyl sites for hydroxylation is 1. The first-order valence-corrected chi connectivity index (χ1v) is 11.9. The number of rotatable bonds is 7. The van der Waals surface area contributed by atoms with E-state index in [1.54, 1.807) is 37.5 Å². The van der Waals surface area contributed by atoms with Crippen LogP contribution in [0, 0.1) is 5.92 Å². The molecular weight excluding hydrogens is 440 g/mol. The first-order chi connectivity index (χ1) is 15.9. The number of aromatic nitrogens is 2. The number of amides is 1. The molecule has 8 nitrogen and oxygen atoms in total. The average Bonchev–Trinajstić information content (AvgIpc) is 3.18. The van der Waals surface area contributed by atoms with Crippen LogP contribution in [0.4, 0.5) is 0 Å². The first kappa shape index (κ1) is 23.0. The minimum atomic E-state index is -0.750. The molecule has 1 aliphatic rings. The van der Waals surface area contributed by atoms with Crippen LogP contribution in [-0.4, -0.2) is 35.4 Å². The van der Waals surface area contributed by atoms with E-state index in [1.165, 1.54) is 22.0 Å². The highest BCUT2D eigenvalue weighted by atomic mass is 32.1. The fraction of sp³-hybridized carbons (Fsp3) is 0.417. The molecule has 2 atom stereocenters. The molecule has 0 aliphatic heterocycles. The second-order valence-electron chi connectivity index (χ2n) is 8.24. The van der Waals surface area contributed by atoms with E-state index in [0.29, 0.717) is 29.4 Å². The van der Waals surface area contributed by atoms with Crippen molar-refractivity contribution in [2.24, 2.45) is 11.0 Å². The Balaban J connectivity index is 1.50. The minimum Gasteiger partial charge on any atom is -0.493 e. The van der Waals surface area contributed by atoms with Crippen LogP contribution in [0.2, 0.25) is 0 Å². The first-order valence-electron chi connectivity index (χ1n) is 11.1. The third-order valence-corrected chi connectivity index (χ3v) is 7.08. The number of hydrogen-bond donors (Lipinski definition) is 1. The molecule has 1 aromatic carbocycles. The summed E-state index contributed by atoms with van der Waals surface area (Å²) in [6.45, 7) is 6.33. The van der Waals surface area contributed by atoms with E-state index in [1.807, 2.05) is 13.0 Å². The number of fused-ring (bicyclic) bond motifs is 3. The van der Waals surface area contributed by atoms with Crippen LogP contribution in [0.15, 0.2) is 34.4 Å². The topological polar surface area (TPSA) is 94.8 Å². The van der Waals surface area contributed by atoms with Gasteiger partial charge in [-0.3, -0.25) is 14.2 Å². The second-order valence-corrected chi connectivity index (χ2v) is 9.33.